The van der Waals surface area contributed by atoms with E-state index >= 15 is 0 Å². The van der Waals surface area contributed by atoms with Gasteiger partial charge in [-0.05, 0) is 6.42 Å². The summed E-state index contributed by atoms with van der Waals surface area (Å²) in [6.07, 6.45) is 0.841. The van der Waals surface area contributed by atoms with Crippen LogP contribution in [0.4, 0.5) is 0 Å². The monoisotopic (exact) mass is 281 g/mol. The van der Waals surface area contributed by atoms with Crippen LogP contribution in [-0.2, 0) is 20.3 Å². The number of methoxy groups -OCH3 is 1. The lowest BCUT2D eigenvalue weighted by molar-refractivity contribution is 0.183. The zero-order valence-electron chi connectivity index (χ0n) is 10.1. The van der Waals surface area contributed by atoms with Crippen LogP contribution in [-0.4, -0.2) is 36.9 Å². The molecule has 0 aliphatic rings. The summed E-state index contributed by atoms with van der Waals surface area (Å²) in [7, 11) is 2.98. The van der Waals surface area contributed by atoms with Gasteiger partial charge in [0.25, 0.3) is 14.2 Å². The Kier molecular flexibility index (Phi) is 4.91. The van der Waals surface area contributed by atoms with Gasteiger partial charge in [0, 0.05) is 30.3 Å². The predicted octanol–water partition coefficient (Wildman–Crippen LogP) is 1.37. The highest BCUT2D eigenvalue weighted by molar-refractivity contribution is 8.13. The van der Waals surface area contributed by atoms with E-state index in [2.05, 4.69) is 10.2 Å². The lowest BCUT2D eigenvalue weighted by atomic mass is 10.1. The SMILES string of the molecule is CCC(C)c1nnc(S(=O)(=O)Cl)n1CCOC. The third-order valence-electron chi connectivity index (χ3n) is 2.54. The van der Waals surface area contributed by atoms with Crippen LogP contribution in [0.1, 0.15) is 32.0 Å². The molecule has 0 N–H and O–H groups in total. The van der Waals surface area contributed by atoms with Gasteiger partial charge < -0.3 is 4.74 Å². The molecule has 1 aromatic rings. The Morgan fingerprint density at radius 3 is 2.59 bits per heavy atom. The maximum Gasteiger partial charge on any atom is 0.296 e. The van der Waals surface area contributed by atoms with E-state index in [9.17, 15) is 8.42 Å². The Bertz CT molecular complexity index is 472. The first-order valence-corrected chi connectivity index (χ1v) is 7.59. The molecule has 1 rings (SSSR count). The van der Waals surface area contributed by atoms with Crippen LogP contribution in [0.15, 0.2) is 5.16 Å². The Hall–Kier alpha value is -0.660. The second-order valence-corrected chi connectivity index (χ2v) is 6.19. The summed E-state index contributed by atoms with van der Waals surface area (Å²) in [5, 5.41) is 7.33. The van der Waals surface area contributed by atoms with Gasteiger partial charge >= 0.3 is 0 Å². The molecule has 1 atom stereocenters. The van der Waals surface area contributed by atoms with Gasteiger partial charge in [-0.1, -0.05) is 13.8 Å². The highest BCUT2D eigenvalue weighted by Gasteiger charge is 2.24. The van der Waals surface area contributed by atoms with Gasteiger partial charge in [0.2, 0.25) is 0 Å². The first-order valence-electron chi connectivity index (χ1n) is 5.28. The molecule has 0 saturated heterocycles. The molecule has 0 radical (unpaired) electrons. The molecule has 0 aliphatic heterocycles. The van der Waals surface area contributed by atoms with Crippen molar-refractivity contribution in [1.29, 1.82) is 0 Å². The van der Waals surface area contributed by atoms with E-state index in [1.165, 1.54) is 4.57 Å². The molecular weight excluding hydrogens is 266 g/mol. The van der Waals surface area contributed by atoms with Crippen molar-refractivity contribution in [3.05, 3.63) is 5.82 Å². The number of ether oxygens (including phenoxy) is 1. The van der Waals surface area contributed by atoms with E-state index in [1.807, 2.05) is 13.8 Å². The molecule has 98 valence electrons. The van der Waals surface area contributed by atoms with E-state index in [-0.39, 0.29) is 11.1 Å². The summed E-state index contributed by atoms with van der Waals surface area (Å²) in [5.41, 5.74) is 0. The van der Waals surface area contributed by atoms with E-state index < -0.39 is 9.05 Å². The van der Waals surface area contributed by atoms with Crippen molar-refractivity contribution in [2.75, 3.05) is 13.7 Å². The largest absolute Gasteiger partial charge is 0.383 e. The van der Waals surface area contributed by atoms with Crippen molar-refractivity contribution in [2.24, 2.45) is 0 Å². The summed E-state index contributed by atoms with van der Waals surface area (Å²) in [4.78, 5) is 0. The average molecular weight is 282 g/mol. The van der Waals surface area contributed by atoms with E-state index in [0.717, 1.165) is 6.42 Å². The van der Waals surface area contributed by atoms with Crippen LogP contribution < -0.4 is 0 Å². The molecule has 6 nitrogen and oxygen atoms in total. The highest BCUT2D eigenvalue weighted by Crippen LogP contribution is 2.21. The Labute approximate surface area is 105 Å². The van der Waals surface area contributed by atoms with Crippen LogP contribution in [0.2, 0.25) is 0 Å². The van der Waals surface area contributed by atoms with Gasteiger partial charge in [0.05, 0.1) is 6.61 Å². The molecule has 1 unspecified atom stereocenters. The smallest absolute Gasteiger partial charge is 0.296 e. The fourth-order valence-electron chi connectivity index (χ4n) is 1.42. The Morgan fingerprint density at radius 1 is 1.47 bits per heavy atom. The van der Waals surface area contributed by atoms with Crippen molar-refractivity contribution >= 4 is 19.7 Å². The number of hydrogen-bond donors (Lipinski definition) is 0. The average Bonchev–Trinajstić information content (AvgIpc) is 2.68. The fraction of sp³-hybridized carbons (Fsp3) is 0.778. The van der Waals surface area contributed by atoms with Crippen molar-refractivity contribution in [3.8, 4) is 0 Å². The molecular formula is C9H16ClN3O3S. The summed E-state index contributed by atoms with van der Waals surface area (Å²) in [6, 6.07) is 0. The lowest BCUT2D eigenvalue weighted by Gasteiger charge is -2.11. The van der Waals surface area contributed by atoms with Crippen molar-refractivity contribution in [1.82, 2.24) is 14.8 Å². The molecule has 0 spiro atoms. The molecule has 8 heteroatoms. The molecule has 0 aromatic carbocycles. The van der Waals surface area contributed by atoms with E-state index in [0.29, 0.717) is 19.0 Å². The molecule has 0 amide bonds. The summed E-state index contributed by atoms with van der Waals surface area (Å²) in [5.74, 6) is 0.732. The molecule has 0 fully saturated rings. The maximum absolute atomic E-state index is 11.3. The van der Waals surface area contributed by atoms with E-state index in [1.54, 1.807) is 7.11 Å². The molecule has 1 aromatic heterocycles. The zero-order valence-corrected chi connectivity index (χ0v) is 11.6. The van der Waals surface area contributed by atoms with Crippen LogP contribution in [0.5, 0.6) is 0 Å². The number of rotatable bonds is 6. The van der Waals surface area contributed by atoms with Gasteiger partial charge in [-0.2, -0.15) is 0 Å². The fourth-order valence-corrected chi connectivity index (χ4v) is 2.35. The second kappa shape index (κ2) is 5.79. The summed E-state index contributed by atoms with van der Waals surface area (Å²) >= 11 is 0. The topological polar surface area (TPSA) is 74.1 Å². The van der Waals surface area contributed by atoms with Crippen molar-refractivity contribution in [2.45, 2.75) is 37.9 Å². The highest BCUT2D eigenvalue weighted by atomic mass is 35.7. The molecule has 17 heavy (non-hydrogen) atoms. The van der Waals surface area contributed by atoms with Gasteiger partial charge in [0.1, 0.15) is 5.82 Å². The van der Waals surface area contributed by atoms with Crippen LogP contribution >= 0.6 is 10.7 Å². The molecule has 0 saturated carbocycles. The van der Waals surface area contributed by atoms with Gasteiger partial charge in [-0.15, -0.1) is 10.2 Å². The van der Waals surface area contributed by atoms with Crippen LogP contribution in [0, 0.1) is 0 Å². The normalized spacial score (nSPS) is 13.9. The minimum atomic E-state index is -3.88. The molecule has 0 bridgehead atoms. The second-order valence-electron chi connectivity index (χ2n) is 3.73. The first kappa shape index (κ1) is 14.4. The number of aromatic nitrogens is 3. The number of halogens is 1. The first-order chi connectivity index (χ1) is 7.91. The van der Waals surface area contributed by atoms with Crippen molar-refractivity contribution in [3.63, 3.8) is 0 Å². The summed E-state index contributed by atoms with van der Waals surface area (Å²) in [6.45, 7) is 4.69. The maximum atomic E-state index is 11.3. The lowest BCUT2D eigenvalue weighted by Crippen LogP contribution is -2.14. The Morgan fingerprint density at radius 2 is 2.12 bits per heavy atom. The minimum Gasteiger partial charge on any atom is -0.383 e. The van der Waals surface area contributed by atoms with Crippen molar-refractivity contribution < 1.29 is 13.2 Å². The Balaban J connectivity index is 3.20. The van der Waals surface area contributed by atoms with Crippen LogP contribution in [0.25, 0.3) is 0 Å². The molecule has 0 aliphatic carbocycles. The molecule has 1 heterocycles. The number of hydrogen-bond acceptors (Lipinski definition) is 5. The number of nitrogens with zero attached hydrogens (tertiary/aromatic N) is 3. The van der Waals surface area contributed by atoms with Gasteiger partial charge in [-0.3, -0.25) is 4.57 Å². The van der Waals surface area contributed by atoms with E-state index in [4.69, 9.17) is 15.4 Å². The third-order valence-corrected chi connectivity index (χ3v) is 3.69. The van der Waals surface area contributed by atoms with Gasteiger partial charge in [0.15, 0.2) is 0 Å². The summed E-state index contributed by atoms with van der Waals surface area (Å²) < 4.78 is 29.1. The standard InChI is InChI=1S/C9H16ClN3O3S/c1-4-7(2)8-11-12-9(17(10,14)15)13(8)5-6-16-3/h7H,4-6H2,1-3H3. The van der Waals surface area contributed by atoms with Crippen LogP contribution in [0.3, 0.4) is 0 Å². The van der Waals surface area contributed by atoms with Gasteiger partial charge in [-0.25, -0.2) is 8.42 Å². The predicted molar refractivity (Wildman–Crippen MR) is 63.6 cm³/mol. The quantitative estimate of drug-likeness (QED) is 0.736. The zero-order chi connectivity index (χ0) is 13.1. The minimum absolute atomic E-state index is 0.117. The third kappa shape index (κ3) is 3.40.